The van der Waals surface area contributed by atoms with Crippen molar-refractivity contribution in [2.45, 2.75) is 40.3 Å². The first-order valence-corrected chi connectivity index (χ1v) is 10.9. The van der Waals surface area contributed by atoms with Crippen LogP contribution in [-0.2, 0) is 29.0 Å². The minimum Gasteiger partial charge on any atom is -0.465 e. The average Bonchev–Trinajstić information content (AvgIpc) is 3.33. The van der Waals surface area contributed by atoms with Crippen molar-refractivity contribution in [2.75, 3.05) is 19.1 Å². The van der Waals surface area contributed by atoms with Crippen molar-refractivity contribution in [2.24, 2.45) is 0 Å². The molecule has 0 radical (unpaired) electrons. The van der Waals surface area contributed by atoms with Gasteiger partial charge in [-0.3, -0.25) is 14.6 Å². The Kier molecular flexibility index (Phi) is 7.25. The van der Waals surface area contributed by atoms with Gasteiger partial charge >= 0.3 is 5.97 Å². The summed E-state index contributed by atoms with van der Waals surface area (Å²) in [6.07, 6.45) is 0.830. The minimum absolute atomic E-state index is 0.0726. The van der Waals surface area contributed by atoms with E-state index in [1.165, 1.54) is 18.4 Å². The number of benzene rings is 1. The molecule has 8 heteroatoms. The number of amides is 1. The molecule has 164 valence electrons. The monoisotopic (exact) mass is 441 g/mol. The first-order chi connectivity index (χ1) is 14.8. The number of rotatable bonds is 8. The lowest BCUT2D eigenvalue weighted by Gasteiger charge is -2.21. The number of anilines is 2. The van der Waals surface area contributed by atoms with Crippen LogP contribution in [0.15, 0.2) is 40.1 Å². The smallest absolute Gasteiger partial charge is 0.341 e. The van der Waals surface area contributed by atoms with Gasteiger partial charge in [0.15, 0.2) is 5.13 Å². The van der Waals surface area contributed by atoms with Crippen LogP contribution in [0.3, 0.4) is 0 Å². The molecule has 2 aromatic heterocycles. The minimum atomic E-state index is -0.406. The second-order valence-electron chi connectivity index (χ2n) is 7.30. The third-order valence-electron chi connectivity index (χ3n) is 4.89. The highest BCUT2D eigenvalue weighted by molar-refractivity contribution is 7.14. The second-order valence-corrected chi connectivity index (χ2v) is 8.14. The maximum absolute atomic E-state index is 12.4. The summed E-state index contributed by atoms with van der Waals surface area (Å²) in [5, 5.41) is 2.61. The number of para-hydroxylation sites is 1. The van der Waals surface area contributed by atoms with Crippen molar-refractivity contribution in [1.82, 2.24) is 9.88 Å². The largest absolute Gasteiger partial charge is 0.465 e. The normalized spacial score (nSPS) is 11.0. The van der Waals surface area contributed by atoms with Crippen LogP contribution in [0.4, 0.5) is 10.8 Å². The molecule has 0 saturated heterocycles. The Morgan fingerprint density at radius 1 is 1.23 bits per heavy atom. The summed E-state index contributed by atoms with van der Waals surface area (Å²) in [6, 6.07) is 9.60. The summed E-state index contributed by atoms with van der Waals surface area (Å²) >= 11 is 1.44. The highest BCUT2D eigenvalue weighted by Crippen LogP contribution is 2.32. The Morgan fingerprint density at radius 3 is 2.65 bits per heavy atom. The summed E-state index contributed by atoms with van der Waals surface area (Å²) in [6.45, 7) is 6.46. The van der Waals surface area contributed by atoms with Crippen molar-refractivity contribution in [3.63, 3.8) is 0 Å². The van der Waals surface area contributed by atoms with E-state index in [1.807, 2.05) is 41.6 Å². The van der Waals surface area contributed by atoms with Gasteiger partial charge < -0.3 is 9.15 Å². The van der Waals surface area contributed by atoms with Crippen LogP contribution >= 0.6 is 11.3 Å². The van der Waals surface area contributed by atoms with Crippen molar-refractivity contribution < 1.29 is 18.7 Å². The van der Waals surface area contributed by atoms with Gasteiger partial charge in [-0.15, -0.1) is 11.3 Å². The SMILES string of the molecule is CCc1ccccc1N(C(C)=O)c1nc(CN(C)Cc2cc(C(=O)OC)c(C)o2)cs1. The lowest BCUT2D eigenvalue weighted by molar-refractivity contribution is -0.115. The van der Waals surface area contributed by atoms with Gasteiger partial charge in [0.1, 0.15) is 17.1 Å². The zero-order valence-corrected chi connectivity index (χ0v) is 19.3. The van der Waals surface area contributed by atoms with Crippen LogP contribution in [0.2, 0.25) is 0 Å². The molecule has 3 rings (SSSR count). The van der Waals surface area contributed by atoms with Gasteiger partial charge in [-0.1, -0.05) is 25.1 Å². The van der Waals surface area contributed by atoms with Crippen LogP contribution in [0.5, 0.6) is 0 Å². The summed E-state index contributed by atoms with van der Waals surface area (Å²) in [5.74, 6) is 0.739. The maximum Gasteiger partial charge on any atom is 0.341 e. The van der Waals surface area contributed by atoms with Gasteiger partial charge in [0.25, 0.3) is 0 Å². The molecule has 0 fully saturated rings. The summed E-state index contributed by atoms with van der Waals surface area (Å²) in [7, 11) is 3.30. The molecular formula is C23H27N3O4S. The number of nitrogens with zero attached hydrogens (tertiary/aromatic N) is 3. The van der Waals surface area contributed by atoms with Gasteiger partial charge in [0, 0.05) is 18.8 Å². The summed E-state index contributed by atoms with van der Waals surface area (Å²) in [4.78, 5) is 32.6. The quantitative estimate of drug-likeness (QED) is 0.471. The number of aryl methyl sites for hydroxylation is 2. The Hall–Kier alpha value is -2.97. The first-order valence-electron chi connectivity index (χ1n) is 10.0. The number of hydrogen-bond acceptors (Lipinski definition) is 7. The number of hydrogen-bond donors (Lipinski definition) is 0. The van der Waals surface area contributed by atoms with E-state index >= 15 is 0 Å². The van der Waals surface area contributed by atoms with E-state index < -0.39 is 5.97 Å². The fourth-order valence-electron chi connectivity index (χ4n) is 3.44. The predicted octanol–water partition coefficient (Wildman–Crippen LogP) is 4.71. The molecule has 7 nitrogen and oxygen atoms in total. The van der Waals surface area contributed by atoms with Crippen molar-refractivity contribution >= 4 is 34.0 Å². The molecule has 0 aliphatic heterocycles. The molecule has 31 heavy (non-hydrogen) atoms. The number of furan rings is 1. The van der Waals surface area contributed by atoms with Gasteiger partial charge in [-0.2, -0.15) is 0 Å². The van der Waals surface area contributed by atoms with Crippen molar-refractivity contribution in [1.29, 1.82) is 0 Å². The molecule has 0 aliphatic carbocycles. The lowest BCUT2D eigenvalue weighted by atomic mass is 10.1. The van der Waals surface area contributed by atoms with Crippen LogP contribution in [0.1, 0.15) is 47.0 Å². The molecule has 2 heterocycles. The van der Waals surface area contributed by atoms with Gasteiger partial charge in [0.05, 0.1) is 25.0 Å². The van der Waals surface area contributed by atoms with E-state index in [0.717, 1.165) is 23.4 Å². The Bertz CT molecular complexity index is 1070. The fraction of sp³-hybridized carbons (Fsp3) is 0.348. The number of carbonyl (C=O) groups is 2. The highest BCUT2D eigenvalue weighted by Gasteiger charge is 2.21. The van der Waals surface area contributed by atoms with Crippen LogP contribution < -0.4 is 4.90 Å². The molecule has 0 saturated carbocycles. The summed E-state index contributed by atoms with van der Waals surface area (Å²) < 4.78 is 10.5. The molecule has 0 atom stereocenters. The first kappa shape index (κ1) is 22.7. The van der Waals surface area contributed by atoms with E-state index in [9.17, 15) is 9.59 Å². The standard InChI is InChI=1S/C23H27N3O4S/c1-6-17-9-7-8-10-21(17)26(16(3)27)23-24-18(14-31-23)12-25(4)13-19-11-20(15(2)30-19)22(28)29-5/h7-11,14H,6,12-13H2,1-5H3. The number of ether oxygens (including phenoxy) is 1. The van der Waals surface area contributed by atoms with Crippen LogP contribution in [-0.4, -0.2) is 35.9 Å². The third kappa shape index (κ3) is 5.21. The molecule has 0 N–H and O–H groups in total. The maximum atomic E-state index is 12.4. The second kappa shape index (κ2) is 9.89. The molecular weight excluding hydrogens is 414 g/mol. The average molecular weight is 442 g/mol. The van der Waals surface area contributed by atoms with E-state index in [4.69, 9.17) is 14.1 Å². The molecule has 0 aliphatic rings. The molecule has 1 aromatic carbocycles. The van der Waals surface area contributed by atoms with E-state index in [0.29, 0.717) is 35.3 Å². The number of esters is 1. The lowest BCUT2D eigenvalue weighted by Crippen LogP contribution is -2.24. The van der Waals surface area contributed by atoms with E-state index in [2.05, 4.69) is 6.92 Å². The molecule has 0 bridgehead atoms. The van der Waals surface area contributed by atoms with Crippen molar-refractivity contribution in [3.8, 4) is 0 Å². The van der Waals surface area contributed by atoms with Crippen molar-refractivity contribution in [3.05, 3.63) is 64.1 Å². The van der Waals surface area contributed by atoms with E-state index in [-0.39, 0.29) is 5.91 Å². The Labute approximate surface area is 186 Å². The van der Waals surface area contributed by atoms with E-state index in [1.54, 1.807) is 24.8 Å². The van der Waals surface area contributed by atoms with Gasteiger partial charge in [0.2, 0.25) is 5.91 Å². The van der Waals surface area contributed by atoms with Crippen LogP contribution in [0, 0.1) is 6.92 Å². The highest BCUT2D eigenvalue weighted by atomic mass is 32.1. The zero-order chi connectivity index (χ0) is 22.5. The molecule has 0 spiro atoms. The topological polar surface area (TPSA) is 75.9 Å². The van der Waals surface area contributed by atoms with Gasteiger partial charge in [-0.05, 0) is 38.1 Å². The molecule has 1 amide bonds. The summed E-state index contributed by atoms with van der Waals surface area (Å²) in [5.41, 5.74) is 3.27. The Balaban J connectivity index is 1.74. The fourth-order valence-corrected chi connectivity index (χ4v) is 4.31. The Morgan fingerprint density at radius 2 is 1.97 bits per heavy atom. The number of methoxy groups -OCH3 is 1. The van der Waals surface area contributed by atoms with Crippen LogP contribution in [0.25, 0.3) is 0 Å². The number of aromatic nitrogens is 1. The third-order valence-corrected chi connectivity index (χ3v) is 5.77. The number of carbonyl (C=O) groups excluding carboxylic acids is 2. The van der Waals surface area contributed by atoms with Gasteiger partial charge in [-0.25, -0.2) is 9.78 Å². The molecule has 3 aromatic rings. The molecule has 0 unspecified atom stereocenters. The predicted molar refractivity (Wildman–Crippen MR) is 121 cm³/mol. The zero-order valence-electron chi connectivity index (χ0n) is 18.5. The number of thiazole rings is 1.